The van der Waals surface area contributed by atoms with Crippen molar-refractivity contribution < 1.29 is 125 Å². The number of phenols is 5. The molecule has 0 saturated heterocycles. The minimum Gasteiger partial charge on any atom is -0.507 e. The van der Waals surface area contributed by atoms with Crippen molar-refractivity contribution in [2.24, 2.45) is 0 Å². The van der Waals surface area contributed by atoms with Crippen LogP contribution in [-0.4, -0.2) is 190 Å². The van der Waals surface area contributed by atoms with E-state index in [9.17, 15) is 59.1 Å². The minimum atomic E-state index is -1.13. The number of rotatable bonds is 27. The number of benzene rings is 6. The number of esters is 7. The van der Waals surface area contributed by atoms with Crippen LogP contribution in [-0.2, 0) is 66.7 Å². The van der Waals surface area contributed by atoms with Gasteiger partial charge < -0.3 is 91.8 Å². The summed E-state index contributed by atoms with van der Waals surface area (Å²) in [4.78, 5) is 111. The molecule has 102 heavy (non-hydrogen) atoms. The topological polar surface area (TPSA) is 427 Å². The van der Waals surface area contributed by atoms with Gasteiger partial charge in [-0.25, -0.2) is 63.5 Å². The van der Waals surface area contributed by atoms with Gasteiger partial charge in [0, 0.05) is 36.4 Å². The van der Waals surface area contributed by atoms with Crippen molar-refractivity contribution in [3.63, 3.8) is 0 Å². The summed E-state index contributed by atoms with van der Waals surface area (Å²) < 4.78 is 72.5. The Labute approximate surface area is 582 Å². The zero-order valence-electron chi connectivity index (χ0n) is 57.4. The second-order valence-electron chi connectivity index (χ2n) is 21.6. The van der Waals surface area contributed by atoms with Crippen molar-refractivity contribution in [1.29, 1.82) is 0 Å². The predicted molar refractivity (Wildman–Crippen MR) is 355 cm³/mol. The van der Waals surface area contributed by atoms with Gasteiger partial charge in [-0.2, -0.15) is 0 Å². The fourth-order valence-electron chi connectivity index (χ4n) is 9.12. The molecule has 0 amide bonds. The first-order valence-electron chi connectivity index (χ1n) is 30.6. The number of ether oxygens (including phenoxy) is 14. The number of nitrogens with zero attached hydrogens (tertiary/aromatic N) is 6. The molecule has 8 aromatic rings. The first kappa shape index (κ1) is 76.6. The Hall–Kier alpha value is -12.8. The van der Waals surface area contributed by atoms with Crippen molar-refractivity contribution >= 4 is 41.8 Å². The molecule has 0 aliphatic heterocycles. The Bertz CT molecular complexity index is 4090. The number of carbonyl (C=O) groups excluding carboxylic acids is 7. The summed E-state index contributed by atoms with van der Waals surface area (Å²) in [5, 5.41) is 55.1. The highest BCUT2D eigenvalue weighted by Crippen LogP contribution is 2.41. The second kappa shape index (κ2) is 34.6. The van der Waals surface area contributed by atoms with Gasteiger partial charge in [-0.05, 0) is 121 Å². The van der Waals surface area contributed by atoms with Crippen LogP contribution in [0.1, 0.15) is 48.5 Å². The summed E-state index contributed by atoms with van der Waals surface area (Å²) in [7, 11) is 8.52. The highest BCUT2D eigenvalue weighted by molar-refractivity contribution is 5.81. The van der Waals surface area contributed by atoms with Gasteiger partial charge in [-0.3, -0.25) is 0 Å². The Morgan fingerprint density at radius 1 is 0.245 bits per heavy atom. The van der Waals surface area contributed by atoms with Crippen LogP contribution in [0.2, 0.25) is 0 Å². The molecular weight excluding hydrogens is 1340 g/mol. The lowest BCUT2D eigenvalue weighted by Gasteiger charge is -2.19. The van der Waals surface area contributed by atoms with Crippen LogP contribution in [0.4, 0.5) is 0 Å². The van der Waals surface area contributed by atoms with Gasteiger partial charge in [-0.15, -0.1) is 0 Å². The average Bonchev–Trinajstić information content (AvgIpc) is 0.784. The maximum absolute atomic E-state index is 12.4. The average molecular weight is 1410 g/mol. The summed E-state index contributed by atoms with van der Waals surface area (Å²) in [6.45, 7) is 10.4. The van der Waals surface area contributed by atoms with Crippen molar-refractivity contribution in [2.75, 3.05) is 49.8 Å². The van der Waals surface area contributed by atoms with Crippen LogP contribution in [0.15, 0.2) is 109 Å². The summed E-state index contributed by atoms with van der Waals surface area (Å²) in [5.41, 5.74) is 0.761. The zero-order chi connectivity index (χ0) is 74.8. The molecule has 0 saturated carbocycles. The Morgan fingerprint density at radius 2 is 0.402 bits per heavy atom. The molecule has 0 aliphatic rings. The third-order valence-electron chi connectivity index (χ3n) is 14.4. The summed E-state index contributed by atoms with van der Waals surface area (Å²) in [5.74, 6) is -5.48. The van der Waals surface area contributed by atoms with Crippen LogP contribution >= 0.6 is 0 Å². The van der Waals surface area contributed by atoms with Crippen LogP contribution in [0, 0.1) is 0 Å². The lowest BCUT2D eigenvalue weighted by molar-refractivity contribution is -0.148. The molecule has 6 aromatic carbocycles. The molecule has 32 nitrogen and oxygen atoms in total. The van der Waals surface area contributed by atoms with Crippen molar-refractivity contribution in [1.82, 2.24) is 29.9 Å². The van der Waals surface area contributed by atoms with E-state index >= 15 is 0 Å². The van der Waals surface area contributed by atoms with E-state index in [0.29, 0.717) is 0 Å². The van der Waals surface area contributed by atoms with Gasteiger partial charge >= 0.3 is 41.8 Å². The Balaban J connectivity index is 0.000000288. The number of hydrogen-bond acceptors (Lipinski definition) is 32. The maximum Gasteiger partial charge on any atom is 0.346 e. The normalized spacial score (nSPS) is 12.8. The lowest BCUT2D eigenvalue weighted by Crippen LogP contribution is -2.26. The molecule has 0 aliphatic carbocycles. The van der Waals surface area contributed by atoms with Crippen molar-refractivity contribution in [3.05, 3.63) is 109 Å². The van der Waals surface area contributed by atoms with Crippen LogP contribution in [0.5, 0.6) is 69.0 Å². The quantitative estimate of drug-likeness (QED) is 0.0241. The monoisotopic (exact) mass is 1410 g/mol. The smallest absolute Gasteiger partial charge is 0.346 e. The number of carbonyl (C=O) groups is 7. The molecule has 538 valence electrons. The predicted octanol–water partition coefficient (Wildman–Crippen LogP) is 7.86. The van der Waals surface area contributed by atoms with Gasteiger partial charge in [0.15, 0.2) is 77.7 Å². The maximum atomic E-state index is 12.4. The van der Waals surface area contributed by atoms with E-state index in [1.165, 1.54) is 207 Å². The second-order valence-corrected chi connectivity index (χ2v) is 21.6. The van der Waals surface area contributed by atoms with Gasteiger partial charge in [-0.1, -0.05) is 0 Å². The van der Waals surface area contributed by atoms with Gasteiger partial charge in [0.25, 0.3) is 0 Å². The molecule has 0 radical (unpaired) electrons. The highest BCUT2D eigenvalue weighted by Gasteiger charge is 2.28. The first-order chi connectivity index (χ1) is 48.5. The van der Waals surface area contributed by atoms with E-state index in [1.807, 2.05) is 0 Å². The summed E-state index contributed by atoms with van der Waals surface area (Å²) >= 11 is 0. The van der Waals surface area contributed by atoms with E-state index < -0.39 is 84.5 Å². The molecule has 7 unspecified atom stereocenters. The zero-order valence-corrected chi connectivity index (χ0v) is 57.4. The molecule has 2 aromatic heterocycles. The van der Waals surface area contributed by atoms with Crippen molar-refractivity contribution in [2.45, 2.75) is 91.2 Å². The standard InChI is InChI=1S/C37H39N3O14.C33H33N3O12/c1-18(34(43)47-5)51-22-9-12-25(28(41)15-22)31-38-32(26-13-10-23(16-29(26)42)52-19(2)35(44)48-6)40-33(39-31)27-14-11-24(53-20(3)36(45)49-7)17-30(27)54-21(4)37(46)50-8;1-16(31(40)43-4)46-19-7-10-22(25(37)13-19)28-34-29(23-11-8-20(14-26(23)38)47-17(2)32(41)44-5)36-30(35-28)24-12-9-21(15-27(24)39)48-18(3)33(42)45-6/h9-21,41-42H,1-8H3;7-18,37-39H,1-6H3. The molecule has 8 rings (SSSR count). The third-order valence-corrected chi connectivity index (χ3v) is 14.4. The van der Waals surface area contributed by atoms with Gasteiger partial charge in [0.2, 0.25) is 0 Å². The highest BCUT2D eigenvalue weighted by atomic mass is 16.6. The number of phenolic OH excluding ortho intramolecular Hbond substituents is 5. The SMILES string of the molecule is COC(=O)C(C)Oc1ccc(-c2nc(-c3ccc(OC(C)C(=O)OC)cc3O)nc(-c3ccc(OC(C)C(=O)OC)cc3O)n2)c(O)c1.COC(=O)C(C)Oc1ccc(-c2nc(-c3ccc(OC(C)C(=O)OC)cc3O)nc(-c3ccc(OC(C)C(=O)OC)cc3OC(C)C(=O)OC)n2)c(O)c1. The molecule has 0 fully saturated rings. The number of hydrogen-bond donors (Lipinski definition) is 5. The van der Waals surface area contributed by atoms with Crippen LogP contribution in [0.25, 0.3) is 68.3 Å². The van der Waals surface area contributed by atoms with E-state index in [1.54, 1.807) is 0 Å². The third kappa shape index (κ3) is 19.3. The van der Waals surface area contributed by atoms with Crippen LogP contribution < -0.4 is 33.2 Å². The number of aromatic nitrogens is 6. The van der Waals surface area contributed by atoms with Gasteiger partial charge in [0.1, 0.15) is 69.0 Å². The summed E-state index contributed by atoms with van der Waals surface area (Å²) in [6.07, 6.45) is -6.94. The van der Waals surface area contributed by atoms with E-state index in [-0.39, 0.29) is 137 Å². The molecule has 5 N–H and O–H groups in total. The van der Waals surface area contributed by atoms with Crippen molar-refractivity contribution in [3.8, 4) is 137 Å². The first-order valence-corrected chi connectivity index (χ1v) is 30.6. The summed E-state index contributed by atoms with van der Waals surface area (Å²) in [6, 6.07) is 25.4. The molecule has 7 atom stereocenters. The molecule has 2 heterocycles. The molecule has 32 heteroatoms. The minimum absolute atomic E-state index is 0.0279. The van der Waals surface area contributed by atoms with E-state index in [4.69, 9.17) is 52.1 Å². The molecule has 0 bridgehead atoms. The number of aromatic hydroxyl groups is 5. The fraction of sp³-hybridized carbons (Fsp3) is 0.300. The Kier molecular flexibility index (Phi) is 26.0. The largest absolute Gasteiger partial charge is 0.507 e. The molecular formula is C70H72N6O26. The van der Waals surface area contributed by atoms with Crippen LogP contribution in [0.3, 0.4) is 0 Å². The van der Waals surface area contributed by atoms with E-state index in [2.05, 4.69) is 44.1 Å². The molecule has 0 spiro atoms. The van der Waals surface area contributed by atoms with E-state index in [0.717, 1.165) is 0 Å². The number of methoxy groups -OCH3 is 7. The lowest BCUT2D eigenvalue weighted by atomic mass is 10.1. The Morgan fingerprint density at radius 3 is 0.578 bits per heavy atom. The van der Waals surface area contributed by atoms with Gasteiger partial charge in [0.05, 0.1) is 83.1 Å². The fourth-order valence-corrected chi connectivity index (χ4v) is 9.12.